The minimum absolute atomic E-state index is 0.0789. The zero-order valence-electron chi connectivity index (χ0n) is 15.9. The van der Waals surface area contributed by atoms with Crippen LogP contribution in [-0.2, 0) is 13.1 Å². The summed E-state index contributed by atoms with van der Waals surface area (Å²) in [7, 11) is 0. The smallest absolute Gasteiger partial charge is 0.260 e. The minimum Gasteiger partial charge on any atom is -0.309 e. The van der Waals surface area contributed by atoms with Gasteiger partial charge >= 0.3 is 0 Å². The molecule has 4 aromatic rings. The zero-order chi connectivity index (χ0) is 20.0. The maximum absolute atomic E-state index is 13.2. The maximum atomic E-state index is 13.2. The summed E-state index contributed by atoms with van der Waals surface area (Å²) >= 11 is 3.21. The van der Waals surface area contributed by atoms with E-state index in [0.29, 0.717) is 23.8 Å². The van der Waals surface area contributed by atoms with Crippen molar-refractivity contribution in [3.8, 4) is 10.4 Å². The van der Waals surface area contributed by atoms with E-state index in [-0.39, 0.29) is 11.4 Å². The number of hydrogen-bond acceptors (Lipinski definition) is 5. The normalized spacial score (nSPS) is 14.2. The lowest BCUT2D eigenvalue weighted by atomic mass is 10.2. The molecule has 0 atom stereocenters. The molecule has 0 bridgehead atoms. The number of halogens is 1. The third-order valence-electron chi connectivity index (χ3n) is 5.21. The average molecular weight is 426 g/mol. The summed E-state index contributed by atoms with van der Waals surface area (Å²) in [4.78, 5) is 26.1. The zero-order valence-corrected chi connectivity index (χ0v) is 17.6. The molecule has 0 aliphatic heterocycles. The molecule has 3 heterocycles. The molecule has 0 radical (unpaired) electrons. The number of aryl methyl sites for hydroxylation is 1. The SMILES string of the molecule is Cc1ccc(-c2csc3nc(CN(Cc4ccc(F)cc4)C4CC4)[nH]c(=O)c23)s1. The Hall–Kier alpha value is -2.35. The van der Waals surface area contributed by atoms with Crippen LogP contribution in [0.4, 0.5) is 4.39 Å². The predicted octanol–water partition coefficient (Wildman–Crippen LogP) is 5.33. The summed E-state index contributed by atoms with van der Waals surface area (Å²) in [6, 6.07) is 11.2. The topological polar surface area (TPSA) is 49.0 Å². The average Bonchev–Trinajstić information content (AvgIpc) is 3.32. The van der Waals surface area contributed by atoms with Gasteiger partial charge < -0.3 is 4.98 Å². The van der Waals surface area contributed by atoms with Gasteiger partial charge in [0, 0.05) is 33.3 Å². The molecule has 1 aliphatic rings. The molecular weight excluding hydrogens is 405 g/mol. The van der Waals surface area contributed by atoms with Gasteiger partial charge in [0.25, 0.3) is 5.56 Å². The van der Waals surface area contributed by atoms with Crippen LogP contribution in [0.25, 0.3) is 20.7 Å². The van der Waals surface area contributed by atoms with Crippen LogP contribution in [0.5, 0.6) is 0 Å². The van der Waals surface area contributed by atoms with Gasteiger partial charge in [0.05, 0.1) is 11.9 Å². The summed E-state index contributed by atoms with van der Waals surface area (Å²) in [6.45, 7) is 3.37. The van der Waals surface area contributed by atoms with Crippen LogP contribution in [0.1, 0.15) is 29.1 Å². The van der Waals surface area contributed by atoms with E-state index in [1.807, 2.05) is 17.5 Å². The second-order valence-electron chi connectivity index (χ2n) is 7.52. The van der Waals surface area contributed by atoms with E-state index in [2.05, 4.69) is 28.9 Å². The third kappa shape index (κ3) is 3.90. The van der Waals surface area contributed by atoms with Crippen molar-refractivity contribution in [2.45, 2.75) is 38.9 Å². The van der Waals surface area contributed by atoms with Crippen molar-refractivity contribution in [3.05, 3.63) is 74.2 Å². The van der Waals surface area contributed by atoms with Gasteiger partial charge in [-0.25, -0.2) is 9.37 Å². The van der Waals surface area contributed by atoms with Gasteiger partial charge in [-0.05, 0) is 49.6 Å². The van der Waals surface area contributed by atoms with Crippen molar-refractivity contribution < 1.29 is 4.39 Å². The van der Waals surface area contributed by atoms with E-state index in [4.69, 9.17) is 4.98 Å². The molecule has 1 aromatic carbocycles. The van der Waals surface area contributed by atoms with E-state index >= 15 is 0 Å². The minimum atomic E-state index is -0.224. The molecule has 7 heteroatoms. The fourth-order valence-electron chi connectivity index (χ4n) is 3.60. The molecule has 0 unspecified atom stereocenters. The Bertz CT molecular complexity index is 1220. The largest absolute Gasteiger partial charge is 0.309 e. The third-order valence-corrected chi connectivity index (χ3v) is 7.12. The van der Waals surface area contributed by atoms with Crippen molar-refractivity contribution in [3.63, 3.8) is 0 Å². The number of nitrogens with one attached hydrogen (secondary N) is 1. The van der Waals surface area contributed by atoms with Crippen LogP contribution < -0.4 is 5.56 Å². The Kier molecular flexibility index (Phi) is 4.81. The highest BCUT2D eigenvalue weighted by atomic mass is 32.1. The molecule has 3 aromatic heterocycles. The van der Waals surface area contributed by atoms with Gasteiger partial charge in [-0.1, -0.05) is 12.1 Å². The second kappa shape index (κ2) is 7.48. The van der Waals surface area contributed by atoms with Crippen LogP contribution in [0.2, 0.25) is 0 Å². The number of rotatable bonds is 6. The molecular formula is C22H20FN3OS2. The molecule has 5 rings (SSSR count). The monoisotopic (exact) mass is 425 g/mol. The number of hydrogen-bond donors (Lipinski definition) is 1. The number of benzene rings is 1. The van der Waals surface area contributed by atoms with Gasteiger partial charge in [-0.15, -0.1) is 22.7 Å². The Morgan fingerprint density at radius 3 is 2.66 bits per heavy atom. The predicted molar refractivity (Wildman–Crippen MR) is 117 cm³/mol. The Balaban J connectivity index is 1.43. The molecule has 29 heavy (non-hydrogen) atoms. The van der Waals surface area contributed by atoms with E-state index in [0.717, 1.165) is 40.2 Å². The quantitative estimate of drug-likeness (QED) is 0.455. The first-order chi connectivity index (χ1) is 14.1. The fraction of sp³-hybridized carbons (Fsp3) is 0.273. The lowest BCUT2D eigenvalue weighted by molar-refractivity contribution is 0.239. The molecule has 0 amide bonds. The highest BCUT2D eigenvalue weighted by Gasteiger charge is 2.29. The van der Waals surface area contributed by atoms with Crippen molar-refractivity contribution in [2.24, 2.45) is 0 Å². The molecule has 148 valence electrons. The van der Waals surface area contributed by atoms with Crippen LogP contribution in [0.3, 0.4) is 0 Å². The van der Waals surface area contributed by atoms with Crippen LogP contribution >= 0.6 is 22.7 Å². The van der Waals surface area contributed by atoms with Crippen molar-refractivity contribution >= 4 is 32.9 Å². The van der Waals surface area contributed by atoms with Crippen LogP contribution in [-0.4, -0.2) is 20.9 Å². The Morgan fingerprint density at radius 2 is 1.97 bits per heavy atom. The number of aromatic amines is 1. The summed E-state index contributed by atoms with van der Waals surface area (Å²) in [6.07, 6.45) is 2.29. The standard InChI is InChI=1S/C22H20FN3OS2/c1-13-2-9-18(29-13)17-12-28-22-20(17)21(27)24-19(25-22)11-26(16-7-8-16)10-14-3-5-15(23)6-4-14/h2-6,9,12,16H,7-8,10-11H2,1H3,(H,24,25,27). The Labute approximate surface area is 175 Å². The number of thiophene rings is 2. The van der Waals surface area contributed by atoms with Gasteiger partial charge in [0.1, 0.15) is 16.5 Å². The van der Waals surface area contributed by atoms with Crippen molar-refractivity contribution in [2.75, 3.05) is 0 Å². The van der Waals surface area contributed by atoms with E-state index < -0.39 is 0 Å². The van der Waals surface area contributed by atoms with E-state index in [1.165, 1.54) is 28.3 Å². The molecule has 1 N–H and O–H groups in total. The first kappa shape index (κ1) is 18.7. The molecule has 1 aliphatic carbocycles. The molecule has 0 saturated heterocycles. The number of H-pyrrole nitrogens is 1. The molecule has 1 saturated carbocycles. The fourth-order valence-corrected chi connectivity index (χ4v) is 5.52. The summed E-state index contributed by atoms with van der Waals surface area (Å²) in [5.74, 6) is 0.463. The highest BCUT2D eigenvalue weighted by molar-refractivity contribution is 7.19. The summed E-state index contributed by atoms with van der Waals surface area (Å²) < 4.78 is 13.2. The first-order valence-electron chi connectivity index (χ1n) is 9.62. The first-order valence-corrected chi connectivity index (χ1v) is 11.3. The summed E-state index contributed by atoms with van der Waals surface area (Å²) in [5, 5.41) is 2.70. The Morgan fingerprint density at radius 1 is 1.17 bits per heavy atom. The van der Waals surface area contributed by atoms with Crippen molar-refractivity contribution in [1.29, 1.82) is 0 Å². The van der Waals surface area contributed by atoms with Gasteiger partial charge in [0.2, 0.25) is 0 Å². The number of fused-ring (bicyclic) bond motifs is 1. The van der Waals surface area contributed by atoms with Gasteiger partial charge in [-0.2, -0.15) is 0 Å². The van der Waals surface area contributed by atoms with Gasteiger partial charge in [0.15, 0.2) is 0 Å². The van der Waals surface area contributed by atoms with E-state index in [1.54, 1.807) is 11.3 Å². The molecule has 1 fully saturated rings. The van der Waals surface area contributed by atoms with Crippen molar-refractivity contribution in [1.82, 2.24) is 14.9 Å². The molecule has 4 nitrogen and oxygen atoms in total. The molecule has 0 spiro atoms. The van der Waals surface area contributed by atoms with Crippen LogP contribution in [0.15, 0.2) is 46.6 Å². The lowest BCUT2D eigenvalue weighted by Crippen LogP contribution is -2.27. The second-order valence-corrected chi connectivity index (χ2v) is 9.66. The van der Waals surface area contributed by atoms with Crippen LogP contribution in [0, 0.1) is 12.7 Å². The lowest BCUT2D eigenvalue weighted by Gasteiger charge is -2.21. The van der Waals surface area contributed by atoms with Gasteiger partial charge in [-0.3, -0.25) is 9.69 Å². The highest BCUT2D eigenvalue weighted by Crippen LogP contribution is 2.35. The maximum Gasteiger partial charge on any atom is 0.260 e. The summed E-state index contributed by atoms with van der Waals surface area (Å²) in [5.41, 5.74) is 1.95. The van der Waals surface area contributed by atoms with E-state index in [9.17, 15) is 9.18 Å². The number of aromatic nitrogens is 2. The number of nitrogens with zero attached hydrogens (tertiary/aromatic N) is 2.